The number of nitrogens with one attached hydrogen (secondary N) is 2. The van der Waals surface area contributed by atoms with Crippen LogP contribution in [0.4, 0.5) is 23.4 Å². The molecule has 2 N–H and O–H groups in total. The minimum absolute atomic E-state index is 0.115. The number of alkyl halides is 4. The van der Waals surface area contributed by atoms with Crippen LogP contribution in [-0.2, 0) is 9.47 Å². The number of carbonyl (C=O) groups excluding carboxylic acids is 1. The van der Waals surface area contributed by atoms with Gasteiger partial charge in [-0.25, -0.2) is 14.4 Å². The summed E-state index contributed by atoms with van der Waals surface area (Å²) in [4.78, 5) is 23.7. The number of methoxy groups -OCH3 is 1. The van der Waals surface area contributed by atoms with E-state index in [1.165, 1.54) is 25.6 Å². The molecule has 0 aliphatic carbocycles. The molecule has 5 rings (SSSR count). The molecule has 2 unspecified atom stereocenters. The normalized spacial score (nSPS) is 25.3. The van der Waals surface area contributed by atoms with Crippen LogP contribution in [0.5, 0.6) is 11.5 Å². The van der Waals surface area contributed by atoms with Crippen LogP contribution in [0.3, 0.4) is 0 Å². The largest absolute Gasteiger partial charge is 0.573 e. The molecule has 4 heterocycles. The Balaban J connectivity index is 1.15. The zero-order valence-electron chi connectivity index (χ0n) is 23.9. The maximum absolute atomic E-state index is 14.2. The molecule has 236 valence electrons. The van der Waals surface area contributed by atoms with Gasteiger partial charge in [-0.05, 0) is 56.2 Å². The zero-order chi connectivity index (χ0) is 30.4. The third-order valence-electron chi connectivity index (χ3n) is 8.06. The predicted octanol–water partition coefficient (Wildman–Crippen LogP) is 4.43. The molecule has 1 aromatic carbocycles. The number of hydrogen-bond donors (Lipinski definition) is 2. The molecule has 3 aliphatic heterocycles. The third-order valence-corrected chi connectivity index (χ3v) is 8.06. The maximum Gasteiger partial charge on any atom is 0.573 e. The first-order valence-electron chi connectivity index (χ1n) is 14.6. The lowest BCUT2D eigenvalue weighted by molar-refractivity contribution is -0.274. The summed E-state index contributed by atoms with van der Waals surface area (Å²) in [6.07, 6.45) is -0.511. The highest BCUT2D eigenvalue weighted by atomic mass is 19.4. The van der Waals surface area contributed by atoms with Crippen molar-refractivity contribution < 1.29 is 41.3 Å². The van der Waals surface area contributed by atoms with E-state index in [0.29, 0.717) is 51.3 Å². The van der Waals surface area contributed by atoms with Crippen molar-refractivity contribution in [1.29, 1.82) is 0 Å². The van der Waals surface area contributed by atoms with Crippen molar-refractivity contribution in [1.82, 2.24) is 20.2 Å². The molecule has 2 aromatic rings. The van der Waals surface area contributed by atoms with E-state index in [9.17, 15) is 22.4 Å². The summed E-state index contributed by atoms with van der Waals surface area (Å²) in [5, 5.41) is 6.62. The van der Waals surface area contributed by atoms with E-state index in [2.05, 4.69) is 25.3 Å². The monoisotopic (exact) mass is 611 g/mol. The number of halogens is 4. The molecule has 14 heteroatoms. The van der Waals surface area contributed by atoms with Crippen molar-refractivity contribution in [2.45, 2.75) is 75.4 Å². The summed E-state index contributed by atoms with van der Waals surface area (Å²) < 4.78 is 72.5. The van der Waals surface area contributed by atoms with Crippen LogP contribution < -0.4 is 20.1 Å². The second kappa shape index (κ2) is 14.0. The summed E-state index contributed by atoms with van der Waals surface area (Å²) in [5.74, 6) is 0.0627. The lowest BCUT2D eigenvalue weighted by Gasteiger charge is -2.36. The maximum atomic E-state index is 14.2. The Kier molecular flexibility index (Phi) is 10.2. The second-order valence-electron chi connectivity index (χ2n) is 11.0. The van der Waals surface area contributed by atoms with Gasteiger partial charge in [0.05, 0.1) is 25.9 Å². The van der Waals surface area contributed by atoms with Gasteiger partial charge < -0.3 is 34.5 Å². The Morgan fingerprint density at radius 1 is 1.09 bits per heavy atom. The van der Waals surface area contributed by atoms with Crippen molar-refractivity contribution in [3.63, 3.8) is 0 Å². The van der Waals surface area contributed by atoms with Gasteiger partial charge >= 0.3 is 6.36 Å². The summed E-state index contributed by atoms with van der Waals surface area (Å²) in [6.45, 7) is 2.06. The second-order valence-corrected chi connectivity index (χ2v) is 11.0. The van der Waals surface area contributed by atoms with Gasteiger partial charge in [0, 0.05) is 38.3 Å². The van der Waals surface area contributed by atoms with Gasteiger partial charge in [0.25, 0.3) is 5.91 Å². The first-order valence-corrected chi connectivity index (χ1v) is 14.6. The Labute approximate surface area is 247 Å². The molecule has 3 fully saturated rings. The molecule has 43 heavy (non-hydrogen) atoms. The number of hydrogen-bond acceptors (Lipinski definition) is 9. The van der Waals surface area contributed by atoms with E-state index >= 15 is 0 Å². The number of likely N-dealkylation sites (tertiary alicyclic amines) is 1. The Morgan fingerprint density at radius 2 is 1.86 bits per heavy atom. The number of piperidine rings is 1. The minimum atomic E-state index is -4.74. The molecule has 3 aliphatic rings. The minimum Gasteiger partial charge on any atom is -0.491 e. The van der Waals surface area contributed by atoms with E-state index in [1.54, 1.807) is 17.0 Å². The van der Waals surface area contributed by atoms with Gasteiger partial charge in [-0.15, -0.1) is 13.2 Å². The molecule has 1 aromatic heterocycles. The summed E-state index contributed by atoms with van der Waals surface area (Å²) in [5.41, 5.74) is 0.922. The van der Waals surface area contributed by atoms with E-state index in [-0.39, 0.29) is 54.0 Å². The number of aromatic nitrogens is 2. The molecule has 3 saturated heterocycles. The Bertz CT molecular complexity index is 1210. The quantitative estimate of drug-likeness (QED) is 0.399. The first kappa shape index (κ1) is 31.2. The number of nitrogens with zero attached hydrogens (tertiary/aromatic N) is 3. The van der Waals surface area contributed by atoms with Crippen molar-refractivity contribution >= 4 is 11.7 Å². The van der Waals surface area contributed by atoms with Crippen LogP contribution in [0.15, 0.2) is 30.6 Å². The van der Waals surface area contributed by atoms with Gasteiger partial charge in [-0.2, -0.15) is 0 Å². The van der Waals surface area contributed by atoms with Gasteiger partial charge in [0.2, 0.25) is 0 Å². The smallest absolute Gasteiger partial charge is 0.491 e. The van der Waals surface area contributed by atoms with E-state index in [0.717, 1.165) is 24.8 Å². The topological polar surface area (TPSA) is 107 Å². The number of amides is 1. The number of carbonyl (C=O) groups is 1. The number of anilines is 1. The van der Waals surface area contributed by atoms with E-state index in [4.69, 9.17) is 14.2 Å². The standard InChI is InChI=1S/C29H37F4N5O5/c1-40-26-25(28(39)38-12-9-19(10-13-38)37-23-11-14-41-16-22(23)30)35-17-36-27(26)34-15-21-3-2-4-24(42-21)18-5-7-20(8-6-18)43-29(31,32)33/h5-8,17,19,21-24,37H,2-4,9-16H2,1H3,(H,34,35,36)/t21-,22?,23?,24+/m1/s1. The van der Waals surface area contributed by atoms with Crippen molar-refractivity contribution in [3.05, 3.63) is 41.9 Å². The van der Waals surface area contributed by atoms with Crippen LogP contribution in [-0.4, -0.2) is 91.5 Å². The van der Waals surface area contributed by atoms with Crippen LogP contribution in [0.2, 0.25) is 0 Å². The molecule has 0 saturated carbocycles. The fourth-order valence-electron chi connectivity index (χ4n) is 5.83. The third kappa shape index (κ3) is 8.24. The highest BCUT2D eigenvalue weighted by molar-refractivity contribution is 5.96. The Morgan fingerprint density at radius 3 is 2.56 bits per heavy atom. The Hall–Kier alpha value is -3.23. The van der Waals surface area contributed by atoms with Gasteiger partial charge in [0.1, 0.15) is 18.2 Å². The van der Waals surface area contributed by atoms with Crippen molar-refractivity contribution in [2.75, 3.05) is 45.3 Å². The van der Waals surface area contributed by atoms with Crippen LogP contribution in [0.25, 0.3) is 0 Å². The van der Waals surface area contributed by atoms with E-state index in [1.807, 2.05) is 0 Å². The highest BCUT2D eigenvalue weighted by Crippen LogP contribution is 2.34. The lowest BCUT2D eigenvalue weighted by atomic mass is 9.98. The molecule has 4 atom stereocenters. The summed E-state index contributed by atoms with van der Waals surface area (Å²) >= 11 is 0. The lowest BCUT2D eigenvalue weighted by Crippen LogP contribution is -2.52. The number of ether oxygens (including phenoxy) is 4. The van der Waals surface area contributed by atoms with Crippen molar-refractivity contribution in [3.8, 4) is 11.5 Å². The fourth-order valence-corrected chi connectivity index (χ4v) is 5.83. The van der Waals surface area contributed by atoms with E-state index < -0.39 is 12.5 Å². The van der Waals surface area contributed by atoms with Crippen LogP contribution >= 0.6 is 0 Å². The average Bonchev–Trinajstić information content (AvgIpc) is 3.00. The first-order chi connectivity index (χ1) is 20.7. The van der Waals surface area contributed by atoms with Crippen LogP contribution in [0.1, 0.15) is 60.7 Å². The molecule has 10 nitrogen and oxygen atoms in total. The predicted molar refractivity (Wildman–Crippen MR) is 148 cm³/mol. The molecular weight excluding hydrogens is 574 g/mol. The molecule has 0 radical (unpaired) electrons. The SMILES string of the molecule is COc1c(NC[C@H]2CCC[C@@H](c3ccc(OC(F)(F)F)cc3)O2)ncnc1C(=O)N1CCC(NC2CCOCC2F)CC1. The molecular formula is C29H37F4N5O5. The van der Waals surface area contributed by atoms with Crippen LogP contribution in [0, 0.1) is 0 Å². The number of benzene rings is 1. The van der Waals surface area contributed by atoms with Gasteiger partial charge in [-0.1, -0.05) is 12.1 Å². The zero-order valence-corrected chi connectivity index (χ0v) is 23.9. The van der Waals surface area contributed by atoms with Gasteiger partial charge in [-0.3, -0.25) is 4.79 Å². The average molecular weight is 612 g/mol. The van der Waals surface area contributed by atoms with Crippen molar-refractivity contribution in [2.24, 2.45) is 0 Å². The fraction of sp³-hybridized carbons (Fsp3) is 0.621. The molecule has 1 amide bonds. The van der Waals surface area contributed by atoms with Gasteiger partial charge in [0.15, 0.2) is 17.3 Å². The summed E-state index contributed by atoms with van der Waals surface area (Å²) in [6, 6.07) is 5.62. The highest BCUT2D eigenvalue weighted by Gasteiger charge is 2.33. The molecule has 0 spiro atoms. The number of rotatable bonds is 9. The molecule has 0 bridgehead atoms. The summed E-state index contributed by atoms with van der Waals surface area (Å²) in [7, 11) is 1.46.